The van der Waals surface area contributed by atoms with Gasteiger partial charge in [0.2, 0.25) is 0 Å². The molecular formula is C43H27N3. The smallest absolute Gasteiger partial charge is 0.138 e. The van der Waals surface area contributed by atoms with Gasteiger partial charge in [0, 0.05) is 18.0 Å². The van der Waals surface area contributed by atoms with Gasteiger partial charge in [-0.1, -0.05) is 121 Å². The monoisotopic (exact) mass is 585 g/mol. The Morgan fingerprint density at radius 3 is 1.67 bits per heavy atom. The summed E-state index contributed by atoms with van der Waals surface area (Å²) in [4.78, 5) is 9.61. The number of fused-ring (bicyclic) bond motifs is 11. The van der Waals surface area contributed by atoms with Crippen LogP contribution in [0.3, 0.4) is 0 Å². The molecule has 3 heterocycles. The molecule has 0 aliphatic heterocycles. The quantitative estimate of drug-likeness (QED) is 0.207. The Balaban J connectivity index is 1.15. The Morgan fingerprint density at radius 1 is 0.457 bits per heavy atom. The van der Waals surface area contributed by atoms with Gasteiger partial charge >= 0.3 is 0 Å². The highest BCUT2D eigenvalue weighted by molar-refractivity contribution is 5.96. The zero-order valence-corrected chi connectivity index (χ0v) is 24.9. The summed E-state index contributed by atoms with van der Waals surface area (Å²) in [5.74, 6) is 0. The first kappa shape index (κ1) is 25.3. The molecule has 46 heavy (non-hydrogen) atoms. The van der Waals surface area contributed by atoms with Crippen LogP contribution in [0.2, 0.25) is 0 Å². The van der Waals surface area contributed by atoms with Gasteiger partial charge in [0.05, 0.1) is 16.8 Å². The summed E-state index contributed by atoms with van der Waals surface area (Å²) in [6, 6.07) is 55.0. The molecule has 0 radical (unpaired) electrons. The molecule has 3 aromatic heterocycles. The molecule has 0 saturated heterocycles. The number of hydrogen-bond acceptors (Lipinski definition) is 2. The van der Waals surface area contributed by atoms with Gasteiger partial charge in [-0.05, 0) is 86.0 Å². The van der Waals surface area contributed by atoms with Crippen molar-refractivity contribution < 1.29 is 0 Å². The highest BCUT2D eigenvalue weighted by Gasteiger charge is 2.51. The van der Waals surface area contributed by atoms with Gasteiger partial charge in [-0.3, -0.25) is 9.38 Å². The first-order chi connectivity index (χ1) is 22.8. The van der Waals surface area contributed by atoms with Crippen molar-refractivity contribution in [2.75, 3.05) is 0 Å². The van der Waals surface area contributed by atoms with Crippen molar-refractivity contribution in [3.05, 3.63) is 186 Å². The highest BCUT2D eigenvalue weighted by atomic mass is 15.0. The summed E-state index contributed by atoms with van der Waals surface area (Å²) in [6.45, 7) is 0. The normalized spacial score (nSPS) is 13.4. The third-order valence-corrected chi connectivity index (χ3v) is 9.93. The summed E-state index contributed by atoms with van der Waals surface area (Å²) < 4.78 is 2.16. The van der Waals surface area contributed by atoms with Crippen molar-refractivity contribution >= 4 is 5.65 Å². The third kappa shape index (κ3) is 3.32. The van der Waals surface area contributed by atoms with Crippen molar-refractivity contribution in [3.63, 3.8) is 0 Å². The predicted molar refractivity (Wildman–Crippen MR) is 186 cm³/mol. The maximum Gasteiger partial charge on any atom is 0.138 e. The van der Waals surface area contributed by atoms with Crippen LogP contribution >= 0.6 is 0 Å². The summed E-state index contributed by atoms with van der Waals surface area (Å²) in [7, 11) is 0. The van der Waals surface area contributed by atoms with E-state index in [0.717, 1.165) is 28.3 Å². The molecule has 0 atom stereocenters. The molecule has 10 rings (SSSR count). The van der Waals surface area contributed by atoms with Crippen molar-refractivity contribution in [3.8, 4) is 56.0 Å². The van der Waals surface area contributed by atoms with E-state index >= 15 is 0 Å². The number of aromatic nitrogens is 3. The minimum atomic E-state index is -0.344. The average molecular weight is 586 g/mol. The largest absolute Gasteiger partial charge is 0.299 e. The fourth-order valence-corrected chi connectivity index (χ4v) is 8.05. The molecule has 3 heteroatoms. The van der Waals surface area contributed by atoms with E-state index in [1.807, 2.05) is 42.6 Å². The van der Waals surface area contributed by atoms with Gasteiger partial charge in [-0.25, -0.2) is 4.98 Å². The predicted octanol–water partition coefficient (Wildman–Crippen LogP) is 10.1. The number of benzene rings is 5. The van der Waals surface area contributed by atoms with E-state index in [4.69, 9.17) is 4.98 Å². The minimum Gasteiger partial charge on any atom is -0.299 e. The molecule has 1 spiro atoms. The Labute approximate surface area is 267 Å². The van der Waals surface area contributed by atoms with Gasteiger partial charge < -0.3 is 0 Å². The molecule has 3 nitrogen and oxygen atoms in total. The fraction of sp³-hybridized carbons (Fsp3) is 0.0233. The molecule has 0 N–H and O–H groups in total. The molecule has 0 bridgehead atoms. The van der Waals surface area contributed by atoms with E-state index in [1.54, 1.807) is 0 Å². The number of nitrogens with zero attached hydrogens (tertiary/aromatic N) is 3. The topological polar surface area (TPSA) is 30.2 Å². The van der Waals surface area contributed by atoms with Crippen LogP contribution in [0.1, 0.15) is 22.3 Å². The van der Waals surface area contributed by atoms with Gasteiger partial charge in [-0.2, -0.15) is 0 Å². The van der Waals surface area contributed by atoms with E-state index in [9.17, 15) is 0 Å². The molecular weight excluding hydrogens is 558 g/mol. The fourth-order valence-electron chi connectivity index (χ4n) is 8.05. The van der Waals surface area contributed by atoms with E-state index in [1.165, 1.54) is 55.6 Å². The number of imidazole rings is 1. The summed E-state index contributed by atoms with van der Waals surface area (Å²) >= 11 is 0. The maximum absolute atomic E-state index is 4.98. The maximum atomic E-state index is 4.98. The lowest BCUT2D eigenvalue weighted by molar-refractivity contribution is 0.794. The molecule has 8 aromatic rings. The zero-order chi connectivity index (χ0) is 30.2. The standard InChI is InChI=1S/C43H27N3/c1-4-14-35-31(11-1)32-12-2-5-15-36(32)43(35)37-16-6-3-13-33(37)34-24-23-30(27-38(34)43)28-19-21-29(22-20-28)42-41(39-17-7-9-25-44-39)45-40-18-8-10-26-46(40)42/h1-27H. The Bertz CT molecular complexity index is 2410. The molecule has 214 valence electrons. The Kier molecular flexibility index (Phi) is 5.20. The summed E-state index contributed by atoms with van der Waals surface area (Å²) in [5, 5.41) is 0. The van der Waals surface area contributed by atoms with Crippen LogP contribution in [-0.2, 0) is 5.41 Å². The SMILES string of the molecule is c1ccc(-c2nc3ccccn3c2-c2ccc(-c3ccc4c(c3)C3(c5ccccc5-c5ccccc53)c3ccccc3-4)cc2)nc1. The second-order valence-corrected chi connectivity index (χ2v) is 12.2. The van der Waals surface area contributed by atoms with Crippen LogP contribution in [0.25, 0.3) is 61.7 Å². The average Bonchev–Trinajstić information content (AvgIpc) is 3.76. The van der Waals surface area contributed by atoms with E-state index in [0.29, 0.717) is 0 Å². The second kappa shape index (κ2) is 9.47. The molecule has 2 aliphatic carbocycles. The first-order valence-corrected chi connectivity index (χ1v) is 15.8. The lowest BCUT2D eigenvalue weighted by atomic mass is 9.70. The van der Waals surface area contributed by atoms with Crippen LogP contribution in [0, 0.1) is 0 Å². The lowest BCUT2D eigenvalue weighted by Gasteiger charge is -2.30. The van der Waals surface area contributed by atoms with Gasteiger partial charge in [-0.15, -0.1) is 0 Å². The minimum absolute atomic E-state index is 0.344. The Morgan fingerprint density at radius 2 is 1.02 bits per heavy atom. The molecule has 0 saturated carbocycles. The third-order valence-electron chi connectivity index (χ3n) is 9.93. The van der Waals surface area contributed by atoms with Crippen LogP contribution in [0.4, 0.5) is 0 Å². The molecule has 0 unspecified atom stereocenters. The lowest BCUT2D eigenvalue weighted by Crippen LogP contribution is -2.25. The highest BCUT2D eigenvalue weighted by Crippen LogP contribution is 2.63. The molecule has 2 aliphatic rings. The summed E-state index contributed by atoms with van der Waals surface area (Å²) in [5.41, 5.74) is 17.6. The van der Waals surface area contributed by atoms with Gasteiger partial charge in [0.15, 0.2) is 0 Å². The van der Waals surface area contributed by atoms with Crippen molar-refractivity contribution in [2.24, 2.45) is 0 Å². The van der Waals surface area contributed by atoms with Crippen LogP contribution in [0.5, 0.6) is 0 Å². The molecule has 0 amide bonds. The van der Waals surface area contributed by atoms with Crippen molar-refractivity contribution in [2.45, 2.75) is 5.41 Å². The Hall–Kier alpha value is -6.06. The first-order valence-electron chi connectivity index (χ1n) is 15.8. The second-order valence-electron chi connectivity index (χ2n) is 12.2. The number of rotatable bonds is 3. The van der Waals surface area contributed by atoms with E-state index in [2.05, 4.69) is 131 Å². The van der Waals surface area contributed by atoms with Gasteiger partial charge in [0.1, 0.15) is 11.3 Å². The van der Waals surface area contributed by atoms with Crippen molar-refractivity contribution in [1.82, 2.24) is 14.4 Å². The van der Waals surface area contributed by atoms with Crippen LogP contribution < -0.4 is 0 Å². The molecule has 5 aromatic carbocycles. The van der Waals surface area contributed by atoms with Crippen molar-refractivity contribution in [1.29, 1.82) is 0 Å². The van der Waals surface area contributed by atoms with Crippen LogP contribution in [0.15, 0.2) is 164 Å². The number of hydrogen-bond donors (Lipinski definition) is 0. The molecule has 0 fully saturated rings. The zero-order valence-electron chi connectivity index (χ0n) is 24.9. The van der Waals surface area contributed by atoms with Crippen LogP contribution in [-0.4, -0.2) is 14.4 Å². The van der Waals surface area contributed by atoms with Gasteiger partial charge in [0.25, 0.3) is 0 Å². The summed E-state index contributed by atoms with van der Waals surface area (Å²) in [6.07, 6.45) is 3.90. The van der Waals surface area contributed by atoms with E-state index < -0.39 is 0 Å². The van der Waals surface area contributed by atoms with E-state index in [-0.39, 0.29) is 5.41 Å². The number of pyridine rings is 2.